The van der Waals surface area contributed by atoms with E-state index in [1.54, 1.807) is 4.90 Å². The van der Waals surface area contributed by atoms with Crippen molar-refractivity contribution in [3.05, 3.63) is 51.8 Å². The molecule has 120 valence electrons. The molecule has 0 bridgehead atoms. The van der Waals surface area contributed by atoms with Crippen LogP contribution in [-0.2, 0) is 6.54 Å². The van der Waals surface area contributed by atoms with E-state index in [9.17, 15) is 9.59 Å². The van der Waals surface area contributed by atoms with E-state index in [1.165, 1.54) is 18.6 Å². The molecular formula is C17H19N3O3. The van der Waals surface area contributed by atoms with Crippen molar-refractivity contribution in [1.29, 1.82) is 0 Å². The molecule has 2 aliphatic carbocycles. The third kappa shape index (κ3) is 2.93. The minimum atomic E-state index is -0.311. The summed E-state index contributed by atoms with van der Waals surface area (Å²) in [5.74, 6) is 2.90. The second-order valence-electron chi connectivity index (χ2n) is 6.59. The lowest BCUT2D eigenvalue weighted by molar-refractivity contribution is 0.0709. The van der Waals surface area contributed by atoms with Gasteiger partial charge in [-0.3, -0.25) is 9.59 Å². The van der Waals surface area contributed by atoms with Crippen LogP contribution >= 0.6 is 0 Å². The van der Waals surface area contributed by atoms with Gasteiger partial charge in [-0.25, -0.2) is 5.10 Å². The number of H-pyrrole nitrogens is 1. The number of amides is 1. The Kier molecular flexibility index (Phi) is 3.32. The molecule has 23 heavy (non-hydrogen) atoms. The van der Waals surface area contributed by atoms with Crippen LogP contribution in [0.5, 0.6) is 0 Å². The van der Waals surface area contributed by atoms with Gasteiger partial charge in [-0.1, -0.05) is 6.92 Å². The zero-order valence-corrected chi connectivity index (χ0v) is 13.0. The Labute approximate surface area is 133 Å². The Hall–Kier alpha value is -2.37. The molecule has 2 heterocycles. The van der Waals surface area contributed by atoms with Crippen LogP contribution in [0.3, 0.4) is 0 Å². The Balaban J connectivity index is 1.51. The molecule has 1 amide bonds. The van der Waals surface area contributed by atoms with Crippen molar-refractivity contribution in [3.63, 3.8) is 0 Å². The molecule has 0 aliphatic heterocycles. The Bertz CT molecular complexity index is 770. The average Bonchev–Trinajstić information content (AvgIpc) is 3.46. The number of aromatic amines is 1. The van der Waals surface area contributed by atoms with E-state index in [0.29, 0.717) is 18.4 Å². The van der Waals surface area contributed by atoms with E-state index in [2.05, 4.69) is 17.1 Å². The van der Waals surface area contributed by atoms with Gasteiger partial charge in [-0.2, -0.15) is 5.10 Å². The molecule has 6 heteroatoms. The number of carbonyl (C=O) groups is 1. The fourth-order valence-corrected chi connectivity index (χ4v) is 2.93. The molecule has 6 nitrogen and oxygen atoms in total. The number of hydrogen-bond donors (Lipinski definition) is 1. The highest BCUT2D eigenvalue weighted by atomic mass is 16.3. The minimum absolute atomic E-state index is 0.165. The molecule has 2 fully saturated rings. The normalized spacial score (nSPS) is 22.8. The van der Waals surface area contributed by atoms with Crippen molar-refractivity contribution in [1.82, 2.24) is 15.1 Å². The minimum Gasteiger partial charge on any atom is -0.464 e. The fourth-order valence-electron chi connectivity index (χ4n) is 2.93. The second-order valence-corrected chi connectivity index (χ2v) is 6.59. The molecule has 2 atom stereocenters. The van der Waals surface area contributed by atoms with E-state index in [-0.39, 0.29) is 23.2 Å². The second kappa shape index (κ2) is 5.37. The van der Waals surface area contributed by atoms with Gasteiger partial charge in [0.25, 0.3) is 11.5 Å². The maximum absolute atomic E-state index is 12.6. The monoisotopic (exact) mass is 313 g/mol. The largest absolute Gasteiger partial charge is 0.464 e. The quantitative estimate of drug-likeness (QED) is 0.918. The van der Waals surface area contributed by atoms with E-state index < -0.39 is 0 Å². The summed E-state index contributed by atoms with van der Waals surface area (Å²) in [5, 5.41) is 6.16. The van der Waals surface area contributed by atoms with Gasteiger partial charge in [0.1, 0.15) is 17.2 Å². The van der Waals surface area contributed by atoms with Crippen LogP contribution < -0.4 is 5.56 Å². The van der Waals surface area contributed by atoms with Gasteiger partial charge in [0.2, 0.25) is 0 Å². The van der Waals surface area contributed by atoms with Gasteiger partial charge < -0.3 is 9.32 Å². The summed E-state index contributed by atoms with van der Waals surface area (Å²) in [6.45, 7) is 2.67. The lowest BCUT2D eigenvalue weighted by atomic mass is 10.2. The predicted octanol–water partition coefficient (Wildman–Crippen LogP) is 2.29. The van der Waals surface area contributed by atoms with Crippen molar-refractivity contribution in [3.8, 4) is 0 Å². The van der Waals surface area contributed by atoms with Gasteiger partial charge in [-0.15, -0.1) is 0 Å². The highest BCUT2D eigenvalue weighted by Gasteiger charge is 2.38. The van der Waals surface area contributed by atoms with Crippen LogP contribution in [0.1, 0.15) is 54.1 Å². The summed E-state index contributed by atoms with van der Waals surface area (Å²) >= 11 is 0. The first kappa shape index (κ1) is 14.2. The highest BCUT2D eigenvalue weighted by Crippen LogP contribution is 2.47. The Morgan fingerprint density at radius 3 is 2.74 bits per heavy atom. The Morgan fingerprint density at radius 1 is 1.35 bits per heavy atom. The molecule has 0 spiro atoms. The number of carbonyl (C=O) groups excluding carboxylic acids is 1. The van der Waals surface area contributed by atoms with Crippen molar-refractivity contribution in [2.45, 2.75) is 44.7 Å². The number of aromatic nitrogens is 2. The van der Waals surface area contributed by atoms with Crippen molar-refractivity contribution < 1.29 is 9.21 Å². The van der Waals surface area contributed by atoms with Crippen LogP contribution in [0.2, 0.25) is 0 Å². The average molecular weight is 313 g/mol. The van der Waals surface area contributed by atoms with Gasteiger partial charge >= 0.3 is 0 Å². The molecule has 1 N–H and O–H groups in total. The maximum Gasteiger partial charge on any atom is 0.274 e. The first-order valence-electron chi connectivity index (χ1n) is 8.07. The van der Waals surface area contributed by atoms with Crippen LogP contribution in [0, 0.1) is 5.92 Å². The van der Waals surface area contributed by atoms with E-state index in [0.717, 1.165) is 24.4 Å². The molecule has 4 rings (SSSR count). The van der Waals surface area contributed by atoms with E-state index in [4.69, 9.17) is 4.42 Å². The number of hydrogen-bond acceptors (Lipinski definition) is 4. The van der Waals surface area contributed by atoms with E-state index in [1.807, 2.05) is 12.1 Å². The molecule has 0 radical (unpaired) electrons. The first-order chi connectivity index (χ1) is 11.1. The van der Waals surface area contributed by atoms with Crippen molar-refractivity contribution in [2.75, 3.05) is 0 Å². The zero-order chi connectivity index (χ0) is 16.0. The van der Waals surface area contributed by atoms with Crippen LogP contribution in [0.15, 0.2) is 33.5 Å². The van der Waals surface area contributed by atoms with E-state index >= 15 is 0 Å². The highest BCUT2D eigenvalue weighted by molar-refractivity contribution is 5.92. The standard InChI is InChI=1S/C17H19N3O3/c1-10-8-13(10)15-6-4-12(23-15)9-20(11-2-3-11)17(22)14-5-7-16(21)19-18-14/h4-7,10-11,13H,2-3,8-9H2,1H3,(H,19,21)/t10-,13-/m0/s1. The Morgan fingerprint density at radius 2 is 2.13 bits per heavy atom. The van der Waals surface area contributed by atoms with Gasteiger partial charge in [0.05, 0.1) is 6.54 Å². The first-order valence-corrected chi connectivity index (χ1v) is 8.07. The molecule has 0 unspecified atom stereocenters. The van der Waals surface area contributed by atoms with Crippen molar-refractivity contribution >= 4 is 5.91 Å². The lowest BCUT2D eigenvalue weighted by Gasteiger charge is -2.20. The number of rotatable bonds is 5. The zero-order valence-electron chi connectivity index (χ0n) is 13.0. The summed E-state index contributed by atoms with van der Waals surface area (Å²) < 4.78 is 5.92. The fraction of sp³-hybridized carbons (Fsp3) is 0.471. The smallest absolute Gasteiger partial charge is 0.274 e. The predicted molar refractivity (Wildman–Crippen MR) is 83.0 cm³/mol. The van der Waals surface area contributed by atoms with Crippen molar-refractivity contribution in [2.24, 2.45) is 5.92 Å². The third-order valence-corrected chi connectivity index (χ3v) is 4.63. The maximum atomic E-state index is 12.6. The summed E-state index contributed by atoms with van der Waals surface area (Å²) in [4.78, 5) is 25.5. The summed E-state index contributed by atoms with van der Waals surface area (Å²) in [7, 11) is 0. The van der Waals surface area contributed by atoms with Gasteiger partial charge in [-0.05, 0) is 43.4 Å². The summed E-state index contributed by atoms with van der Waals surface area (Å²) in [6.07, 6.45) is 3.18. The SMILES string of the molecule is C[C@H]1C[C@@H]1c1ccc(CN(C(=O)c2ccc(=O)[nH]n2)C2CC2)o1. The topological polar surface area (TPSA) is 79.2 Å². The van der Waals surface area contributed by atoms with Gasteiger partial charge in [0, 0.05) is 18.0 Å². The third-order valence-electron chi connectivity index (χ3n) is 4.63. The molecular weight excluding hydrogens is 294 g/mol. The molecule has 0 saturated heterocycles. The molecule has 0 aromatic carbocycles. The number of nitrogens with zero attached hydrogens (tertiary/aromatic N) is 2. The summed E-state index contributed by atoms with van der Waals surface area (Å²) in [6, 6.07) is 7.02. The molecule has 2 aliphatic rings. The molecule has 2 aromatic heterocycles. The van der Waals surface area contributed by atoms with Gasteiger partial charge in [0.15, 0.2) is 0 Å². The molecule has 2 saturated carbocycles. The number of furan rings is 1. The van der Waals surface area contributed by atoms with Crippen LogP contribution in [-0.4, -0.2) is 27.0 Å². The van der Waals surface area contributed by atoms with Crippen LogP contribution in [0.4, 0.5) is 0 Å². The van der Waals surface area contributed by atoms with Crippen LogP contribution in [0.25, 0.3) is 0 Å². The lowest BCUT2D eigenvalue weighted by Crippen LogP contribution is -2.33. The number of nitrogens with one attached hydrogen (secondary N) is 1. The summed E-state index contributed by atoms with van der Waals surface area (Å²) in [5.41, 5.74) is -0.0483. The molecule has 2 aromatic rings.